The quantitative estimate of drug-likeness (QED) is 0.475. The first-order chi connectivity index (χ1) is 11.9. The van der Waals surface area contributed by atoms with E-state index in [0.717, 1.165) is 11.3 Å². The molecule has 0 radical (unpaired) electrons. The molecule has 25 heavy (non-hydrogen) atoms. The van der Waals surface area contributed by atoms with Crippen LogP contribution in [-0.2, 0) is 39.6 Å². The van der Waals surface area contributed by atoms with Crippen LogP contribution in [0.25, 0.3) is 0 Å². The smallest absolute Gasteiger partial charge is 0.401 e. The van der Waals surface area contributed by atoms with E-state index in [9.17, 15) is 13.2 Å². The maximum atomic E-state index is 11.7. The Morgan fingerprint density at radius 3 is 2.56 bits per heavy atom. The van der Waals surface area contributed by atoms with Gasteiger partial charge in [-0.05, 0) is 37.5 Å². The highest BCUT2D eigenvalue weighted by Gasteiger charge is 2.45. The van der Waals surface area contributed by atoms with E-state index in [1.807, 2.05) is 24.3 Å². The molecule has 1 aromatic rings. The fourth-order valence-electron chi connectivity index (χ4n) is 2.33. The number of rotatable bonds is 9. The molecule has 0 aliphatic carbocycles. The van der Waals surface area contributed by atoms with Crippen LogP contribution in [0.1, 0.15) is 25.3 Å². The van der Waals surface area contributed by atoms with Gasteiger partial charge in [0.05, 0.1) is 20.3 Å². The van der Waals surface area contributed by atoms with Crippen molar-refractivity contribution in [1.82, 2.24) is 0 Å². The summed E-state index contributed by atoms with van der Waals surface area (Å²) in [7, 11) is -2.55. The molecular weight excluding hydrogens is 352 g/mol. The number of esters is 1. The van der Waals surface area contributed by atoms with Crippen molar-refractivity contribution in [2.75, 3.05) is 20.3 Å². The van der Waals surface area contributed by atoms with E-state index in [4.69, 9.17) is 18.4 Å². The average Bonchev–Trinajstić information content (AvgIpc) is 2.90. The molecule has 9 heteroatoms. The minimum atomic E-state index is -4.15. The van der Waals surface area contributed by atoms with Gasteiger partial charge in [-0.25, -0.2) is 13.2 Å². The predicted molar refractivity (Wildman–Crippen MR) is 87.2 cm³/mol. The molecule has 1 saturated heterocycles. The lowest BCUT2D eigenvalue weighted by molar-refractivity contribution is -0.152. The van der Waals surface area contributed by atoms with Gasteiger partial charge in [-0.2, -0.15) is 8.42 Å². The summed E-state index contributed by atoms with van der Waals surface area (Å²) in [4.78, 5) is 11.7. The Balaban J connectivity index is 1.74. The summed E-state index contributed by atoms with van der Waals surface area (Å²) in [5, 5.41) is 0. The summed E-state index contributed by atoms with van der Waals surface area (Å²) in [5.74, 6) is 0.0288. The Morgan fingerprint density at radius 1 is 1.20 bits per heavy atom. The summed E-state index contributed by atoms with van der Waals surface area (Å²) >= 11 is 0. The Morgan fingerprint density at radius 2 is 1.92 bits per heavy atom. The zero-order valence-electron chi connectivity index (χ0n) is 14.2. The summed E-state index contributed by atoms with van der Waals surface area (Å²) in [6.45, 7) is 2.58. The van der Waals surface area contributed by atoms with E-state index < -0.39 is 28.6 Å². The number of carbonyl (C=O) groups excluding carboxylic acids is 1. The third-order valence-corrected chi connectivity index (χ3v) is 4.45. The number of carbonyl (C=O) groups is 1. The molecule has 0 unspecified atom stereocenters. The van der Waals surface area contributed by atoms with Crippen molar-refractivity contribution in [1.29, 1.82) is 0 Å². The Bertz CT molecular complexity index is 655. The molecule has 2 rings (SSSR count). The highest BCUT2D eigenvalue weighted by Crippen LogP contribution is 2.25. The summed E-state index contributed by atoms with van der Waals surface area (Å²) < 4.78 is 47.7. The van der Waals surface area contributed by atoms with Crippen LogP contribution < -0.4 is 4.74 Å². The fourth-order valence-corrected chi connectivity index (χ4v) is 3.33. The standard InChI is InChI=1S/C16H22O8S/c1-3-22-16(17)15-14(23-25(18,19)24-15)5-4-10-21-11-12-6-8-13(20-2)9-7-12/h6-9,14-15H,3-5,10-11H2,1-2H3/t14-,15+/m0/s1. The van der Waals surface area contributed by atoms with Crippen molar-refractivity contribution in [3.63, 3.8) is 0 Å². The van der Waals surface area contributed by atoms with Gasteiger partial charge < -0.3 is 14.2 Å². The Kier molecular flexibility index (Phi) is 7.18. The molecular formula is C16H22O8S. The van der Waals surface area contributed by atoms with Crippen LogP contribution in [0.5, 0.6) is 5.75 Å². The zero-order chi connectivity index (χ0) is 18.3. The summed E-state index contributed by atoms with van der Waals surface area (Å²) in [5.41, 5.74) is 0.994. The number of benzene rings is 1. The van der Waals surface area contributed by atoms with E-state index in [2.05, 4.69) is 4.18 Å². The second-order valence-corrected chi connectivity index (χ2v) is 6.56. The van der Waals surface area contributed by atoms with Crippen molar-refractivity contribution < 1.29 is 35.8 Å². The molecule has 0 spiro atoms. The third-order valence-electron chi connectivity index (χ3n) is 3.52. The van der Waals surface area contributed by atoms with Gasteiger partial charge in [0.2, 0.25) is 6.10 Å². The molecule has 1 fully saturated rings. The number of methoxy groups -OCH3 is 1. The molecule has 2 atom stereocenters. The topological polar surface area (TPSA) is 97.4 Å². The first-order valence-corrected chi connectivity index (χ1v) is 9.27. The van der Waals surface area contributed by atoms with Crippen LogP contribution in [0.15, 0.2) is 24.3 Å². The fraction of sp³-hybridized carbons (Fsp3) is 0.562. The van der Waals surface area contributed by atoms with Crippen molar-refractivity contribution in [2.45, 2.75) is 38.6 Å². The SMILES string of the molecule is CCOC(=O)[C@@H]1OS(=O)(=O)O[C@H]1CCCOCc1ccc(OC)cc1. The number of hydrogen-bond donors (Lipinski definition) is 0. The monoisotopic (exact) mass is 374 g/mol. The van der Waals surface area contributed by atoms with E-state index >= 15 is 0 Å². The molecule has 0 bridgehead atoms. The first-order valence-electron chi connectivity index (χ1n) is 7.94. The average molecular weight is 374 g/mol. The number of hydrogen-bond acceptors (Lipinski definition) is 8. The lowest BCUT2D eigenvalue weighted by atomic mass is 10.1. The van der Waals surface area contributed by atoms with Crippen molar-refractivity contribution >= 4 is 16.4 Å². The van der Waals surface area contributed by atoms with Gasteiger partial charge >= 0.3 is 16.4 Å². The molecule has 0 amide bonds. The molecule has 8 nitrogen and oxygen atoms in total. The maximum absolute atomic E-state index is 11.7. The molecule has 1 aromatic carbocycles. The zero-order valence-corrected chi connectivity index (χ0v) is 15.0. The predicted octanol–water partition coefficient (Wildman–Crippen LogP) is 1.58. The Labute approximate surface area is 147 Å². The maximum Gasteiger partial charge on any atom is 0.401 e. The lowest BCUT2D eigenvalue weighted by Gasteiger charge is -2.13. The molecule has 140 valence electrons. The molecule has 0 N–H and O–H groups in total. The van der Waals surface area contributed by atoms with Crippen LogP contribution in [0.3, 0.4) is 0 Å². The van der Waals surface area contributed by atoms with Gasteiger partial charge in [0.15, 0.2) is 0 Å². The summed E-state index contributed by atoms with van der Waals surface area (Å²) in [6.07, 6.45) is -1.35. The van der Waals surface area contributed by atoms with Gasteiger partial charge in [-0.15, -0.1) is 0 Å². The third kappa shape index (κ3) is 5.96. The lowest BCUT2D eigenvalue weighted by Crippen LogP contribution is -2.33. The molecule has 0 saturated carbocycles. The Hall–Kier alpha value is -1.68. The van der Waals surface area contributed by atoms with Crippen molar-refractivity contribution in [2.24, 2.45) is 0 Å². The second-order valence-electron chi connectivity index (χ2n) is 5.35. The van der Waals surface area contributed by atoms with Crippen molar-refractivity contribution in [3.8, 4) is 5.75 Å². The van der Waals surface area contributed by atoms with Gasteiger partial charge in [-0.1, -0.05) is 12.1 Å². The van der Waals surface area contributed by atoms with Crippen LogP contribution in [-0.4, -0.2) is 46.9 Å². The van der Waals surface area contributed by atoms with Crippen LogP contribution >= 0.6 is 0 Å². The van der Waals surface area contributed by atoms with E-state index in [1.165, 1.54) is 0 Å². The highest BCUT2D eigenvalue weighted by molar-refractivity contribution is 7.82. The second kappa shape index (κ2) is 9.14. The first kappa shape index (κ1) is 19.6. The van der Waals surface area contributed by atoms with Crippen LogP contribution in [0.2, 0.25) is 0 Å². The van der Waals surface area contributed by atoms with E-state index in [0.29, 0.717) is 26.1 Å². The summed E-state index contributed by atoms with van der Waals surface area (Å²) in [6, 6.07) is 7.49. The molecule has 1 heterocycles. The van der Waals surface area contributed by atoms with Crippen molar-refractivity contribution in [3.05, 3.63) is 29.8 Å². The normalized spacial score (nSPS) is 21.8. The molecule has 1 aliphatic rings. The van der Waals surface area contributed by atoms with Gasteiger partial charge in [0.1, 0.15) is 11.9 Å². The number of ether oxygens (including phenoxy) is 3. The van der Waals surface area contributed by atoms with Crippen LogP contribution in [0, 0.1) is 0 Å². The van der Waals surface area contributed by atoms with Gasteiger partial charge in [-0.3, -0.25) is 0 Å². The van der Waals surface area contributed by atoms with E-state index in [1.54, 1.807) is 14.0 Å². The van der Waals surface area contributed by atoms with Gasteiger partial charge in [0.25, 0.3) is 0 Å². The van der Waals surface area contributed by atoms with Gasteiger partial charge in [0, 0.05) is 6.61 Å². The van der Waals surface area contributed by atoms with Crippen LogP contribution in [0.4, 0.5) is 0 Å². The highest BCUT2D eigenvalue weighted by atomic mass is 32.3. The minimum absolute atomic E-state index is 0.135. The largest absolute Gasteiger partial charge is 0.497 e. The minimum Gasteiger partial charge on any atom is -0.497 e. The molecule has 0 aromatic heterocycles. The molecule has 1 aliphatic heterocycles. The van der Waals surface area contributed by atoms with E-state index in [-0.39, 0.29) is 6.61 Å².